The summed E-state index contributed by atoms with van der Waals surface area (Å²) in [7, 11) is 1.38. The predicted octanol–water partition coefficient (Wildman–Crippen LogP) is 1.82. The Balaban J connectivity index is 1.78. The summed E-state index contributed by atoms with van der Waals surface area (Å²) in [6.45, 7) is 6.47. The highest BCUT2D eigenvalue weighted by Gasteiger charge is 2.22. The number of morpholine rings is 1. The Labute approximate surface area is 180 Å². The number of esters is 1. The zero-order chi connectivity index (χ0) is 22.0. The maximum absolute atomic E-state index is 11.6. The lowest BCUT2D eigenvalue weighted by Gasteiger charge is -2.27. The van der Waals surface area contributed by atoms with Crippen molar-refractivity contribution in [2.75, 3.05) is 38.3 Å². The van der Waals surface area contributed by atoms with E-state index >= 15 is 0 Å². The van der Waals surface area contributed by atoms with Gasteiger partial charge in [0.15, 0.2) is 5.65 Å². The van der Waals surface area contributed by atoms with Crippen molar-refractivity contribution >= 4 is 23.0 Å². The van der Waals surface area contributed by atoms with Crippen LogP contribution in [-0.4, -0.2) is 69.8 Å². The lowest BCUT2D eigenvalue weighted by atomic mass is 10.1. The molecule has 31 heavy (non-hydrogen) atoms. The van der Waals surface area contributed by atoms with E-state index in [4.69, 9.17) is 19.4 Å². The van der Waals surface area contributed by atoms with Crippen LogP contribution in [0.15, 0.2) is 30.5 Å². The van der Waals surface area contributed by atoms with Gasteiger partial charge in [0.1, 0.15) is 0 Å². The first-order valence-electron chi connectivity index (χ1n) is 10.3. The van der Waals surface area contributed by atoms with Gasteiger partial charge in [0.2, 0.25) is 5.95 Å². The summed E-state index contributed by atoms with van der Waals surface area (Å²) >= 11 is 0. The van der Waals surface area contributed by atoms with E-state index in [1.165, 1.54) is 7.11 Å². The molecule has 0 spiro atoms. The van der Waals surface area contributed by atoms with Crippen LogP contribution in [0.1, 0.15) is 19.4 Å². The Morgan fingerprint density at radius 3 is 2.55 bits per heavy atom. The van der Waals surface area contributed by atoms with Gasteiger partial charge in [0, 0.05) is 18.7 Å². The monoisotopic (exact) mass is 425 g/mol. The van der Waals surface area contributed by atoms with Crippen LogP contribution in [0, 0.1) is 0 Å². The molecule has 4 rings (SSSR count). The van der Waals surface area contributed by atoms with E-state index in [0.717, 1.165) is 22.2 Å². The van der Waals surface area contributed by atoms with Gasteiger partial charge in [-0.25, -0.2) is 9.67 Å². The second kappa shape index (κ2) is 8.60. The third-order valence-electron chi connectivity index (χ3n) is 5.12. The average molecular weight is 425 g/mol. The van der Waals surface area contributed by atoms with Crippen LogP contribution in [-0.2, 0) is 27.2 Å². The minimum atomic E-state index is -0.932. The quantitative estimate of drug-likeness (QED) is 0.597. The molecule has 2 aromatic heterocycles. The molecule has 1 N–H and O–H groups in total. The van der Waals surface area contributed by atoms with Crippen LogP contribution in [0.5, 0.6) is 0 Å². The van der Waals surface area contributed by atoms with Crippen molar-refractivity contribution < 1.29 is 19.4 Å². The smallest absolute Gasteiger partial charge is 0.309 e. The van der Waals surface area contributed by atoms with E-state index in [1.54, 1.807) is 24.7 Å². The van der Waals surface area contributed by atoms with E-state index < -0.39 is 5.60 Å². The number of nitrogens with zero attached hydrogens (tertiary/aromatic N) is 5. The molecule has 3 aromatic rings. The molecular formula is C22H27N5O4. The van der Waals surface area contributed by atoms with E-state index in [9.17, 15) is 9.90 Å². The fraction of sp³-hybridized carbons (Fsp3) is 0.455. The molecule has 0 aliphatic carbocycles. The number of carbonyl (C=O) groups is 1. The van der Waals surface area contributed by atoms with Crippen LogP contribution >= 0.6 is 0 Å². The zero-order valence-corrected chi connectivity index (χ0v) is 18.0. The normalized spacial score (nSPS) is 14.8. The summed E-state index contributed by atoms with van der Waals surface area (Å²) in [6, 6.07) is 7.68. The molecule has 1 saturated heterocycles. The molecule has 9 heteroatoms. The number of anilines is 1. The molecule has 3 heterocycles. The molecule has 1 aliphatic rings. The van der Waals surface area contributed by atoms with E-state index in [1.807, 2.05) is 24.3 Å². The van der Waals surface area contributed by atoms with Gasteiger partial charge in [-0.1, -0.05) is 24.3 Å². The number of ether oxygens (including phenoxy) is 2. The number of hydrogen-bond acceptors (Lipinski definition) is 8. The minimum Gasteiger partial charge on any atom is -0.469 e. The van der Waals surface area contributed by atoms with Gasteiger partial charge in [-0.2, -0.15) is 10.1 Å². The standard InChI is InChI=1S/C22H27N5O4/c1-22(2,29)14-27-20-17(13-23-27)19(24-21(25-20)26-8-10-31-11-9-26)16-6-4-15(5-7-16)12-18(28)30-3/h4-7,13,29H,8-12,14H2,1-3H3. The Morgan fingerprint density at radius 1 is 1.19 bits per heavy atom. The minimum absolute atomic E-state index is 0.221. The van der Waals surface area contributed by atoms with Crippen molar-refractivity contribution in [2.45, 2.75) is 32.4 Å². The van der Waals surface area contributed by atoms with Gasteiger partial charge in [0.05, 0.1) is 56.2 Å². The van der Waals surface area contributed by atoms with Crippen LogP contribution in [0.3, 0.4) is 0 Å². The number of aliphatic hydroxyl groups is 1. The predicted molar refractivity (Wildman–Crippen MR) is 116 cm³/mol. The molecule has 0 atom stereocenters. The van der Waals surface area contributed by atoms with Gasteiger partial charge < -0.3 is 19.5 Å². The largest absolute Gasteiger partial charge is 0.469 e. The summed E-state index contributed by atoms with van der Waals surface area (Å²) < 4.78 is 11.9. The second-order valence-corrected chi connectivity index (χ2v) is 8.27. The van der Waals surface area contributed by atoms with Gasteiger partial charge in [-0.3, -0.25) is 4.79 Å². The maximum atomic E-state index is 11.6. The first kappa shape index (κ1) is 21.2. The molecule has 0 unspecified atom stereocenters. The highest BCUT2D eigenvalue weighted by Crippen LogP contribution is 2.29. The van der Waals surface area contributed by atoms with Crippen molar-refractivity contribution in [3.05, 3.63) is 36.0 Å². The Bertz CT molecular complexity index is 1070. The number of aromatic nitrogens is 4. The second-order valence-electron chi connectivity index (χ2n) is 8.27. The van der Waals surface area contributed by atoms with Crippen LogP contribution in [0.2, 0.25) is 0 Å². The lowest BCUT2D eigenvalue weighted by molar-refractivity contribution is -0.139. The Morgan fingerprint density at radius 2 is 1.90 bits per heavy atom. The molecule has 0 radical (unpaired) electrons. The van der Waals surface area contributed by atoms with E-state index in [-0.39, 0.29) is 12.4 Å². The molecule has 0 bridgehead atoms. The van der Waals surface area contributed by atoms with Gasteiger partial charge in [0.25, 0.3) is 0 Å². The summed E-state index contributed by atoms with van der Waals surface area (Å²) in [5.74, 6) is 0.335. The lowest BCUT2D eigenvalue weighted by Crippen LogP contribution is -2.37. The highest BCUT2D eigenvalue weighted by molar-refractivity contribution is 5.91. The molecule has 9 nitrogen and oxygen atoms in total. The molecule has 0 amide bonds. The van der Waals surface area contributed by atoms with Gasteiger partial charge in [-0.05, 0) is 19.4 Å². The Hall–Kier alpha value is -3.04. The summed E-state index contributed by atoms with van der Waals surface area (Å²) in [5, 5.41) is 15.6. The number of benzene rings is 1. The summed E-state index contributed by atoms with van der Waals surface area (Å²) in [4.78, 5) is 23.3. The first-order valence-corrected chi connectivity index (χ1v) is 10.3. The van der Waals surface area contributed by atoms with Gasteiger partial charge in [-0.15, -0.1) is 0 Å². The van der Waals surface area contributed by atoms with Crippen LogP contribution in [0.25, 0.3) is 22.3 Å². The third-order valence-corrected chi connectivity index (χ3v) is 5.12. The van der Waals surface area contributed by atoms with Crippen molar-refractivity contribution in [3.8, 4) is 11.3 Å². The van der Waals surface area contributed by atoms with E-state index in [2.05, 4.69) is 10.00 Å². The number of carbonyl (C=O) groups excluding carboxylic acids is 1. The number of hydrogen-bond donors (Lipinski definition) is 1. The van der Waals surface area contributed by atoms with Crippen molar-refractivity contribution in [1.82, 2.24) is 19.7 Å². The Kier molecular flexibility index (Phi) is 5.88. The summed E-state index contributed by atoms with van der Waals surface area (Å²) in [5.41, 5.74) is 2.27. The fourth-order valence-corrected chi connectivity index (χ4v) is 3.57. The SMILES string of the molecule is COC(=O)Cc1ccc(-c2nc(N3CCOCC3)nc3c2cnn3CC(C)(C)O)cc1. The molecule has 164 valence electrons. The highest BCUT2D eigenvalue weighted by atomic mass is 16.5. The van der Waals surface area contributed by atoms with Crippen LogP contribution < -0.4 is 4.90 Å². The number of fused-ring (bicyclic) bond motifs is 1. The van der Waals surface area contributed by atoms with Crippen molar-refractivity contribution in [3.63, 3.8) is 0 Å². The van der Waals surface area contributed by atoms with Crippen molar-refractivity contribution in [1.29, 1.82) is 0 Å². The molecular weight excluding hydrogens is 398 g/mol. The number of methoxy groups -OCH3 is 1. The van der Waals surface area contributed by atoms with Crippen molar-refractivity contribution in [2.24, 2.45) is 0 Å². The first-order chi connectivity index (χ1) is 14.8. The van der Waals surface area contributed by atoms with E-state index in [0.29, 0.717) is 44.4 Å². The topological polar surface area (TPSA) is 103 Å². The molecule has 1 aromatic carbocycles. The average Bonchev–Trinajstić information content (AvgIpc) is 3.15. The molecule has 0 saturated carbocycles. The maximum Gasteiger partial charge on any atom is 0.309 e. The zero-order valence-electron chi connectivity index (χ0n) is 18.0. The molecule has 1 aliphatic heterocycles. The molecule has 1 fully saturated rings. The number of rotatable bonds is 6. The summed E-state index contributed by atoms with van der Waals surface area (Å²) in [6.07, 6.45) is 1.96. The third kappa shape index (κ3) is 4.83. The fourth-order valence-electron chi connectivity index (χ4n) is 3.57. The van der Waals surface area contributed by atoms with Crippen LogP contribution in [0.4, 0.5) is 5.95 Å². The van der Waals surface area contributed by atoms with Gasteiger partial charge >= 0.3 is 5.97 Å².